The molecule has 1 fully saturated rings. The van der Waals surface area contributed by atoms with Crippen LogP contribution < -0.4 is 10.2 Å². The predicted molar refractivity (Wildman–Crippen MR) is 74.7 cm³/mol. The Morgan fingerprint density at radius 3 is 2.85 bits per heavy atom. The van der Waals surface area contributed by atoms with Crippen LogP contribution in [0.15, 0.2) is 6.33 Å². The summed E-state index contributed by atoms with van der Waals surface area (Å²) >= 11 is 0. The predicted octanol–water partition coefficient (Wildman–Crippen LogP) is 0.998. The van der Waals surface area contributed by atoms with Crippen molar-refractivity contribution in [2.75, 3.05) is 31.1 Å². The highest BCUT2D eigenvalue weighted by Gasteiger charge is 2.36. The second-order valence-corrected chi connectivity index (χ2v) is 5.47. The summed E-state index contributed by atoms with van der Waals surface area (Å²) in [5, 5.41) is 3.34. The molecule has 0 aromatic carbocycles. The number of nitrogens with one attached hydrogen (secondary N) is 1. The Hall–Kier alpha value is -1.69. The van der Waals surface area contributed by atoms with E-state index < -0.39 is 0 Å². The monoisotopic (exact) mass is 276 g/mol. The molecule has 0 saturated carbocycles. The first-order valence-electron chi connectivity index (χ1n) is 7.14. The van der Waals surface area contributed by atoms with Gasteiger partial charge in [-0.25, -0.2) is 9.97 Å². The maximum absolute atomic E-state index is 11.2. The minimum atomic E-state index is -0.252. The number of hydrogen-bond donors (Lipinski definition) is 1. The zero-order chi connectivity index (χ0) is 14.1. The van der Waals surface area contributed by atoms with Gasteiger partial charge in [0.2, 0.25) is 0 Å². The Morgan fingerprint density at radius 1 is 1.40 bits per heavy atom. The van der Waals surface area contributed by atoms with Gasteiger partial charge in [0.15, 0.2) is 0 Å². The SMILES string of the molecule is CC(=O)O[C@@H]1C[C@@H](C)c2c1ncnc2N1CCNCC1. The average Bonchev–Trinajstić information content (AvgIpc) is 2.76. The Morgan fingerprint density at radius 2 is 2.15 bits per heavy atom. The molecule has 20 heavy (non-hydrogen) atoms. The fourth-order valence-electron chi connectivity index (χ4n) is 3.11. The first-order valence-corrected chi connectivity index (χ1v) is 7.14. The number of ether oxygens (including phenoxy) is 1. The lowest BCUT2D eigenvalue weighted by atomic mass is 10.1. The van der Waals surface area contributed by atoms with Gasteiger partial charge in [-0.15, -0.1) is 0 Å². The molecule has 1 aliphatic heterocycles. The van der Waals surface area contributed by atoms with Gasteiger partial charge in [0.05, 0.1) is 5.69 Å². The number of carbonyl (C=O) groups excluding carboxylic acids is 1. The number of carbonyl (C=O) groups is 1. The quantitative estimate of drug-likeness (QED) is 0.813. The number of anilines is 1. The van der Waals surface area contributed by atoms with Crippen molar-refractivity contribution < 1.29 is 9.53 Å². The van der Waals surface area contributed by atoms with Crippen molar-refractivity contribution in [2.45, 2.75) is 32.3 Å². The average molecular weight is 276 g/mol. The Labute approximate surface area is 118 Å². The molecule has 0 radical (unpaired) electrons. The van der Waals surface area contributed by atoms with Gasteiger partial charge in [-0.3, -0.25) is 4.79 Å². The highest BCUT2D eigenvalue weighted by atomic mass is 16.5. The van der Waals surface area contributed by atoms with Crippen molar-refractivity contribution in [1.29, 1.82) is 0 Å². The molecule has 1 aromatic heterocycles. The van der Waals surface area contributed by atoms with Crippen LogP contribution in [0.2, 0.25) is 0 Å². The summed E-state index contributed by atoms with van der Waals surface area (Å²) in [6, 6.07) is 0. The summed E-state index contributed by atoms with van der Waals surface area (Å²) < 4.78 is 5.39. The molecule has 1 aromatic rings. The zero-order valence-electron chi connectivity index (χ0n) is 11.9. The summed E-state index contributed by atoms with van der Waals surface area (Å²) in [6.45, 7) is 7.45. The van der Waals surface area contributed by atoms with E-state index >= 15 is 0 Å². The van der Waals surface area contributed by atoms with E-state index in [-0.39, 0.29) is 12.1 Å². The van der Waals surface area contributed by atoms with Crippen molar-refractivity contribution in [1.82, 2.24) is 15.3 Å². The van der Waals surface area contributed by atoms with Crippen LogP contribution in [0.1, 0.15) is 43.5 Å². The lowest BCUT2D eigenvalue weighted by molar-refractivity contribution is -0.146. The van der Waals surface area contributed by atoms with Gasteiger partial charge in [0.25, 0.3) is 0 Å². The Balaban J connectivity index is 1.94. The number of fused-ring (bicyclic) bond motifs is 1. The van der Waals surface area contributed by atoms with E-state index in [1.54, 1.807) is 6.33 Å². The van der Waals surface area contributed by atoms with E-state index in [4.69, 9.17) is 4.74 Å². The second kappa shape index (κ2) is 5.36. The topological polar surface area (TPSA) is 67.3 Å². The van der Waals surface area contributed by atoms with Crippen LogP contribution in [0.25, 0.3) is 0 Å². The number of rotatable bonds is 2. The summed E-state index contributed by atoms with van der Waals surface area (Å²) in [7, 11) is 0. The van der Waals surface area contributed by atoms with Gasteiger partial charge in [0, 0.05) is 38.7 Å². The molecule has 1 saturated heterocycles. The standard InChI is InChI=1S/C14H20N4O2/c1-9-7-11(20-10(2)19)13-12(9)14(17-8-16-13)18-5-3-15-4-6-18/h8-9,11,15H,3-7H2,1-2H3/t9-,11-/m1/s1. The van der Waals surface area contributed by atoms with Crippen molar-refractivity contribution >= 4 is 11.8 Å². The highest BCUT2D eigenvalue weighted by Crippen LogP contribution is 2.44. The molecular weight excluding hydrogens is 256 g/mol. The maximum atomic E-state index is 11.2. The largest absolute Gasteiger partial charge is 0.456 e. The Kier molecular flexibility index (Phi) is 3.56. The van der Waals surface area contributed by atoms with Crippen LogP contribution >= 0.6 is 0 Å². The van der Waals surface area contributed by atoms with Crippen molar-refractivity contribution in [2.24, 2.45) is 0 Å². The van der Waals surface area contributed by atoms with Crippen LogP contribution in [-0.4, -0.2) is 42.1 Å². The molecule has 2 atom stereocenters. The van der Waals surface area contributed by atoms with E-state index in [0.717, 1.165) is 49.7 Å². The fraction of sp³-hybridized carbons (Fsp3) is 0.643. The summed E-state index contributed by atoms with van der Waals surface area (Å²) in [4.78, 5) is 22.4. The third-order valence-electron chi connectivity index (χ3n) is 3.98. The third-order valence-corrected chi connectivity index (χ3v) is 3.98. The molecule has 0 spiro atoms. The van der Waals surface area contributed by atoms with Crippen LogP contribution in [0, 0.1) is 0 Å². The van der Waals surface area contributed by atoms with Crippen LogP contribution in [0.5, 0.6) is 0 Å². The molecule has 2 aliphatic rings. The van der Waals surface area contributed by atoms with Crippen LogP contribution in [0.4, 0.5) is 5.82 Å². The molecule has 1 aliphatic carbocycles. The molecule has 0 amide bonds. The minimum absolute atomic E-state index is 0.220. The third kappa shape index (κ3) is 2.35. The maximum Gasteiger partial charge on any atom is 0.303 e. The summed E-state index contributed by atoms with van der Waals surface area (Å²) in [5.74, 6) is 1.08. The smallest absolute Gasteiger partial charge is 0.303 e. The van der Waals surface area contributed by atoms with Gasteiger partial charge < -0.3 is 15.0 Å². The molecule has 0 unspecified atom stereocenters. The number of nitrogens with zero attached hydrogens (tertiary/aromatic N) is 3. The molecule has 1 N–H and O–H groups in total. The number of esters is 1. The zero-order valence-corrected chi connectivity index (χ0v) is 11.9. The normalized spacial score (nSPS) is 25.4. The molecule has 6 nitrogen and oxygen atoms in total. The van der Waals surface area contributed by atoms with E-state index in [1.807, 2.05) is 0 Å². The van der Waals surface area contributed by atoms with Crippen molar-refractivity contribution in [3.05, 3.63) is 17.6 Å². The number of piperazine rings is 1. The summed E-state index contributed by atoms with van der Waals surface area (Å²) in [5.41, 5.74) is 2.04. The van der Waals surface area contributed by atoms with Crippen LogP contribution in [0.3, 0.4) is 0 Å². The highest BCUT2D eigenvalue weighted by molar-refractivity contribution is 5.67. The van der Waals surface area contributed by atoms with Crippen molar-refractivity contribution in [3.8, 4) is 0 Å². The molecule has 108 valence electrons. The molecule has 0 bridgehead atoms. The van der Waals surface area contributed by atoms with Crippen molar-refractivity contribution in [3.63, 3.8) is 0 Å². The lowest BCUT2D eigenvalue weighted by Crippen LogP contribution is -2.44. The van der Waals surface area contributed by atoms with E-state index in [1.165, 1.54) is 6.92 Å². The minimum Gasteiger partial charge on any atom is -0.456 e. The van der Waals surface area contributed by atoms with Gasteiger partial charge in [-0.2, -0.15) is 0 Å². The van der Waals surface area contributed by atoms with Gasteiger partial charge in [-0.05, 0) is 12.3 Å². The Bertz CT molecular complexity index is 514. The van der Waals surface area contributed by atoms with Crippen LogP contribution in [-0.2, 0) is 9.53 Å². The fourth-order valence-corrected chi connectivity index (χ4v) is 3.11. The summed E-state index contributed by atoms with van der Waals surface area (Å²) in [6.07, 6.45) is 2.17. The van der Waals surface area contributed by atoms with Gasteiger partial charge in [-0.1, -0.05) is 6.92 Å². The first kappa shape index (κ1) is 13.3. The first-order chi connectivity index (χ1) is 9.66. The van der Waals surface area contributed by atoms with Gasteiger partial charge in [0.1, 0.15) is 18.2 Å². The number of aromatic nitrogens is 2. The molecule has 6 heteroatoms. The molecular formula is C14H20N4O2. The lowest BCUT2D eigenvalue weighted by Gasteiger charge is -2.30. The molecule has 3 rings (SSSR count). The van der Waals surface area contributed by atoms with E-state index in [9.17, 15) is 4.79 Å². The molecule has 2 heterocycles. The van der Waals surface area contributed by atoms with Gasteiger partial charge >= 0.3 is 5.97 Å². The number of hydrogen-bond acceptors (Lipinski definition) is 6. The van der Waals surface area contributed by atoms with E-state index in [0.29, 0.717) is 5.92 Å². The van der Waals surface area contributed by atoms with E-state index in [2.05, 4.69) is 27.1 Å². The second-order valence-electron chi connectivity index (χ2n) is 5.47.